The molecule has 4 rings (SSSR count). The van der Waals surface area contributed by atoms with Crippen LogP contribution in [0.2, 0.25) is 0 Å². The first kappa shape index (κ1) is 30.7. The van der Waals surface area contributed by atoms with Gasteiger partial charge in [-0.15, -0.1) is 0 Å². The summed E-state index contributed by atoms with van der Waals surface area (Å²) in [5.41, 5.74) is -2.02. The van der Waals surface area contributed by atoms with Gasteiger partial charge in [-0.25, -0.2) is 18.4 Å². The van der Waals surface area contributed by atoms with Crippen LogP contribution in [0.3, 0.4) is 0 Å². The normalized spacial score (nSPS) is 12.5. The van der Waals surface area contributed by atoms with E-state index in [2.05, 4.69) is 10.4 Å². The van der Waals surface area contributed by atoms with Crippen LogP contribution in [0, 0.1) is 24.1 Å². The third kappa shape index (κ3) is 5.73. The van der Waals surface area contributed by atoms with Gasteiger partial charge in [-0.3, -0.25) is 14.2 Å². The molecule has 1 N–H and O–H groups in total. The summed E-state index contributed by atoms with van der Waals surface area (Å²) in [5, 5.41) is 17.1. The van der Waals surface area contributed by atoms with E-state index in [1.165, 1.54) is 55.1 Å². The number of hydrogen-bond donors (Lipinski definition) is 1. The smallest absolute Gasteiger partial charge is 0.333 e. The van der Waals surface area contributed by atoms with Gasteiger partial charge in [0.05, 0.1) is 38.1 Å². The summed E-state index contributed by atoms with van der Waals surface area (Å²) >= 11 is 1.19. The van der Waals surface area contributed by atoms with Crippen molar-refractivity contribution in [1.82, 2.24) is 24.2 Å². The molecule has 42 heavy (non-hydrogen) atoms. The minimum Gasteiger partial charge on any atom is -0.496 e. The average Bonchev–Trinajstić information content (AvgIpc) is 3.58. The number of carbonyl (C=O) groups is 1. The van der Waals surface area contributed by atoms with Gasteiger partial charge in [-0.1, -0.05) is 11.3 Å². The number of nitrogens with one attached hydrogen (secondary N) is 1. The molecule has 1 aromatic carbocycles. The van der Waals surface area contributed by atoms with Crippen LogP contribution in [0.25, 0.3) is 15.2 Å². The molecule has 3 aromatic heterocycles. The minimum absolute atomic E-state index is 0.00264. The summed E-state index contributed by atoms with van der Waals surface area (Å²) in [5.74, 6) is -0.717. The molecule has 0 radical (unpaired) electrons. The van der Waals surface area contributed by atoms with E-state index >= 15 is 0 Å². The molecule has 1 atom stereocenters. The summed E-state index contributed by atoms with van der Waals surface area (Å²) in [6.07, 6.45) is 2.44. The van der Waals surface area contributed by atoms with E-state index in [4.69, 9.17) is 14.7 Å². The Kier molecular flexibility index (Phi) is 8.98. The first-order chi connectivity index (χ1) is 19.9. The van der Waals surface area contributed by atoms with Crippen molar-refractivity contribution < 1.29 is 18.7 Å². The SMILES string of the molecule is COc1ccc(F)cc1[C@H](Cn1c(=O)n(C(C)(C)C(=O)NC(C)C)c(=O)c2c(C)c(-n3cccn3)sc21)OCCC#N. The quantitative estimate of drug-likeness (QED) is 0.261. The lowest BCUT2D eigenvalue weighted by Gasteiger charge is -2.28. The Morgan fingerprint density at radius 1 is 1.29 bits per heavy atom. The molecular weight excluding hydrogens is 563 g/mol. The Labute approximate surface area is 245 Å². The number of carbonyl (C=O) groups excluding carboxylic acids is 1. The Morgan fingerprint density at radius 3 is 2.64 bits per heavy atom. The second kappa shape index (κ2) is 12.3. The number of methoxy groups -OCH3 is 1. The maximum absolute atomic E-state index is 14.5. The third-order valence-corrected chi connectivity index (χ3v) is 8.16. The average molecular weight is 597 g/mol. The fourth-order valence-electron chi connectivity index (χ4n) is 4.75. The van der Waals surface area contributed by atoms with Gasteiger partial charge in [0.1, 0.15) is 33.0 Å². The number of thiophene rings is 1. The molecule has 0 unspecified atom stereocenters. The first-order valence-electron chi connectivity index (χ1n) is 13.3. The molecule has 13 heteroatoms. The summed E-state index contributed by atoms with van der Waals surface area (Å²) in [4.78, 5) is 42.0. The monoisotopic (exact) mass is 596 g/mol. The van der Waals surface area contributed by atoms with E-state index in [1.54, 1.807) is 43.9 Å². The molecule has 11 nitrogen and oxygen atoms in total. The lowest BCUT2D eigenvalue weighted by Crippen LogP contribution is -2.56. The topological polar surface area (TPSA) is 133 Å². The molecule has 0 aliphatic heterocycles. The van der Waals surface area contributed by atoms with Crippen molar-refractivity contribution in [1.29, 1.82) is 5.26 Å². The Bertz CT molecular complexity index is 1760. The van der Waals surface area contributed by atoms with Crippen molar-refractivity contribution in [3.05, 3.63) is 74.4 Å². The van der Waals surface area contributed by atoms with Gasteiger partial charge in [-0.2, -0.15) is 10.4 Å². The van der Waals surface area contributed by atoms with Gasteiger partial charge in [0.25, 0.3) is 5.56 Å². The van der Waals surface area contributed by atoms with Gasteiger partial charge in [-0.05, 0) is 58.9 Å². The predicted molar refractivity (Wildman–Crippen MR) is 157 cm³/mol. The van der Waals surface area contributed by atoms with Gasteiger partial charge in [0, 0.05) is 29.6 Å². The highest BCUT2D eigenvalue weighted by Gasteiger charge is 2.36. The van der Waals surface area contributed by atoms with Crippen molar-refractivity contribution in [2.45, 2.75) is 65.3 Å². The molecular formula is C29H33FN6O5S. The van der Waals surface area contributed by atoms with E-state index in [0.29, 0.717) is 26.7 Å². The summed E-state index contributed by atoms with van der Waals surface area (Å²) in [6, 6.07) is 7.47. The van der Waals surface area contributed by atoms with Crippen LogP contribution in [-0.2, 0) is 21.6 Å². The number of ether oxygens (including phenoxy) is 2. The molecule has 0 saturated heterocycles. The van der Waals surface area contributed by atoms with Crippen molar-refractivity contribution in [2.24, 2.45) is 0 Å². The zero-order valence-corrected chi connectivity index (χ0v) is 25.1. The Morgan fingerprint density at radius 2 is 2.02 bits per heavy atom. The number of halogens is 1. The van der Waals surface area contributed by atoms with Gasteiger partial charge in [0.2, 0.25) is 5.91 Å². The molecule has 0 aliphatic rings. The summed E-state index contributed by atoms with van der Waals surface area (Å²) < 4.78 is 29.9. The highest BCUT2D eigenvalue weighted by atomic mass is 32.1. The number of aryl methyl sites for hydroxylation is 1. The Hall–Kier alpha value is -4.28. The van der Waals surface area contributed by atoms with E-state index in [-0.39, 0.29) is 31.0 Å². The molecule has 4 aromatic rings. The van der Waals surface area contributed by atoms with Crippen molar-refractivity contribution in [3.8, 4) is 16.8 Å². The standard InChI is InChI=1S/C29H33FN6O5S/c1-17(2)33-27(38)29(4,5)36-24(37)23-18(3)25(35-13-8-12-32-35)42-26(23)34(28(36)39)16-22(41-14-7-11-31)20-15-19(30)9-10-21(20)40-6/h8-10,12-13,15,17,22H,7,14,16H2,1-6H3,(H,33,38)/t22-/m0/s1. The molecule has 3 heterocycles. The van der Waals surface area contributed by atoms with Gasteiger partial charge < -0.3 is 14.8 Å². The number of nitrogens with zero attached hydrogens (tertiary/aromatic N) is 5. The van der Waals surface area contributed by atoms with E-state index < -0.39 is 34.6 Å². The number of fused-ring (bicyclic) bond motifs is 1. The van der Waals surface area contributed by atoms with Crippen LogP contribution < -0.4 is 21.3 Å². The molecule has 0 aliphatic carbocycles. The lowest BCUT2D eigenvalue weighted by molar-refractivity contribution is -0.129. The number of aromatic nitrogens is 4. The molecule has 222 valence electrons. The summed E-state index contributed by atoms with van der Waals surface area (Å²) in [6.45, 7) is 8.19. The fourth-order valence-corrected chi connectivity index (χ4v) is 5.99. The van der Waals surface area contributed by atoms with Crippen molar-refractivity contribution >= 4 is 27.5 Å². The number of amides is 1. The number of nitriles is 1. The molecule has 0 fully saturated rings. The first-order valence-corrected chi connectivity index (χ1v) is 14.2. The third-order valence-electron chi connectivity index (χ3n) is 6.85. The molecule has 0 bridgehead atoms. The van der Waals surface area contributed by atoms with Crippen molar-refractivity contribution in [2.75, 3.05) is 13.7 Å². The molecule has 0 spiro atoms. The van der Waals surface area contributed by atoms with Crippen LogP contribution in [-0.4, -0.2) is 44.6 Å². The van der Waals surface area contributed by atoms with Crippen LogP contribution in [0.5, 0.6) is 5.75 Å². The zero-order chi connectivity index (χ0) is 30.8. The van der Waals surface area contributed by atoms with Gasteiger partial charge >= 0.3 is 5.69 Å². The van der Waals surface area contributed by atoms with E-state index in [9.17, 15) is 18.8 Å². The van der Waals surface area contributed by atoms with E-state index in [1.807, 2.05) is 6.07 Å². The highest BCUT2D eigenvalue weighted by Crippen LogP contribution is 2.34. The molecule has 0 saturated carbocycles. The number of hydrogen-bond acceptors (Lipinski definition) is 8. The largest absolute Gasteiger partial charge is 0.496 e. The molecule has 1 amide bonds. The number of rotatable bonds is 11. The van der Waals surface area contributed by atoms with E-state index in [0.717, 1.165) is 4.57 Å². The lowest BCUT2D eigenvalue weighted by atomic mass is 10.0. The fraction of sp³-hybridized carbons (Fsp3) is 0.414. The summed E-state index contributed by atoms with van der Waals surface area (Å²) in [7, 11) is 1.43. The second-order valence-electron chi connectivity index (χ2n) is 10.5. The van der Waals surface area contributed by atoms with Crippen LogP contribution in [0.1, 0.15) is 51.3 Å². The van der Waals surface area contributed by atoms with Gasteiger partial charge in [0.15, 0.2) is 0 Å². The predicted octanol–water partition coefficient (Wildman–Crippen LogP) is 3.80. The second-order valence-corrected chi connectivity index (χ2v) is 11.5. The van der Waals surface area contributed by atoms with Crippen molar-refractivity contribution in [3.63, 3.8) is 0 Å². The Balaban J connectivity index is 2.03. The zero-order valence-electron chi connectivity index (χ0n) is 24.3. The maximum atomic E-state index is 14.5. The number of benzene rings is 1. The van der Waals surface area contributed by atoms with Crippen LogP contribution in [0.15, 0.2) is 46.2 Å². The minimum atomic E-state index is -1.57. The maximum Gasteiger partial charge on any atom is 0.333 e. The van der Waals surface area contributed by atoms with Crippen LogP contribution >= 0.6 is 11.3 Å². The highest BCUT2D eigenvalue weighted by molar-refractivity contribution is 7.21. The van der Waals surface area contributed by atoms with Crippen LogP contribution in [0.4, 0.5) is 4.39 Å².